The number of carbonyl (C=O) groups excluding carboxylic acids is 2. The number of nitrogens with zero attached hydrogens (tertiary/aromatic N) is 1. The second-order valence-electron chi connectivity index (χ2n) is 9.13. The van der Waals surface area contributed by atoms with Crippen molar-refractivity contribution in [1.29, 1.82) is 0 Å². The van der Waals surface area contributed by atoms with Crippen LogP contribution in [0.25, 0.3) is 0 Å². The number of nitrogens with two attached hydrogens (primary N) is 1. The minimum atomic E-state index is -0.744. The maximum atomic E-state index is 13.5. The lowest BCUT2D eigenvalue weighted by molar-refractivity contribution is -0.153. The number of primary amides is 1. The predicted molar refractivity (Wildman–Crippen MR) is 131 cm³/mol. The summed E-state index contributed by atoms with van der Waals surface area (Å²) in [6.45, 7) is 3.96. The first kappa shape index (κ1) is 21.7. The molecule has 6 heteroatoms. The fourth-order valence-electron chi connectivity index (χ4n) is 5.26. The molecular weight excluding hydrogens is 430 g/mol. The molecule has 2 aliphatic rings. The topological polar surface area (TPSA) is 75.4 Å². The summed E-state index contributed by atoms with van der Waals surface area (Å²) in [5.74, 6) is -0.545. The highest BCUT2D eigenvalue weighted by Gasteiger charge is 2.64. The number of hydrogen-bond acceptors (Lipinski definition) is 4. The summed E-state index contributed by atoms with van der Waals surface area (Å²) >= 11 is 1.63. The van der Waals surface area contributed by atoms with Crippen LogP contribution in [0, 0.1) is 0 Å². The van der Waals surface area contributed by atoms with Crippen LogP contribution in [-0.2, 0) is 15.1 Å². The van der Waals surface area contributed by atoms with Crippen molar-refractivity contribution in [2.24, 2.45) is 5.73 Å². The van der Waals surface area contributed by atoms with Gasteiger partial charge >= 0.3 is 0 Å². The molecule has 0 saturated carbocycles. The summed E-state index contributed by atoms with van der Waals surface area (Å²) in [4.78, 5) is 27.3. The summed E-state index contributed by atoms with van der Waals surface area (Å²) in [6.07, 6.45) is 0. The Hall–Kier alpha value is -3.09. The molecule has 3 aromatic carbocycles. The third-order valence-corrected chi connectivity index (χ3v) is 8.27. The van der Waals surface area contributed by atoms with Gasteiger partial charge in [-0.25, -0.2) is 0 Å². The van der Waals surface area contributed by atoms with E-state index >= 15 is 0 Å². The van der Waals surface area contributed by atoms with Gasteiger partial charge in [-0.3, -0.25) is 14.9 Å². The van der Waals surface area contributed by atoms with Crippen molar-refractivity contribution in [3.8, 4) is 0 Å². The number of nitrogens with one attached hydrogen (secondary N) is 1. The highest BCUT2D eigenvalue weighted by atomic mass is 32.2. The van der Waals surface area contributed by atoms with Gasteiger partial charge in [0.25, 0.3) is 0 Å². The normalized spacial score (nSPS) is 23.6. The Morgan fingerprint density at radius 2 is 1.30 bits per heavy atom. The first-order valence-corrected chi connectivity index (χ1v) is 12.0. The van der Waals surface area contributed by atoms with E-state index in [0.717, 1.165) is 16.7 Å². The molecule has 0 spiro atoms. The second-order valence-corrected chi connectivity index (χ2v) is 10.9. The monoisotopic (exact) mass is 457 g/mol. The van der Waals surface area contributed by atoms with E-state index in [0.29, 0.717) is 0 Å². The van der Waals surface area contributed by atoms with Crippen molar-refractivity contribution in [2.75, 3.05) is 0 Å². The quantitative estimate of drug-likeness (QED) is 0.439. The summed E-state index contributed by atoms with van der Waals surface area (Å²) in [6, 6.07) is 29.5. The Labute approximate surface area is 198 Å². The van der Waals surface area contributed by atoms with Crippen molar-refractivity contribution < 1.29 is 9.59 Å². The summed E-state index contributed by atoms with van der Waals surface area (Å²) < 4.78 is -0.447. The SMILES string of the molecule is CC1(C)SC2C(NC(c3ccccc3)(c3ccccc3)c3ccccc3)C(=O)N2C1C(N)=O. The van der Waals surface area contributed by atoms with Gasteiger partial charge in [0.15, 0.2) is 0 Å². The van der Waals surface area contributed by atoms with Crippen LogP contribution in [0.15, 0.2) is 91.0 Å². The van der Waals surface area contributed by atoms with Gasteiger partial charge < -0.3 is 10.6 Å². The zero-order valence-electron chi connectivity index (χ0n) is 18.6. The van der Waals surface area contributed by atoms with Gasteiger partial charge in [-0.1, -0.05) is 91.0 Å². The number of thioether (sulfide) groups is 1. The molecule has 2 amide bonds. The molecule has 3 unspecified atom stereocenters. The molecule has 2 heterocycles. The van der Waals surface area contributed by atoms with Gasteiger partial charge in [0, 0.05) is 4.75 Å². The molecule has 0 radical (unpaired) electrons. The summed E-state index contributed by atoms with van der Waals surface area (Å²) in [7, 11) is 0. The van der Waals surface area contributed by atoms with Crippen molar-refractivity contribution in [2.45, 2.75) is 41.6 Å². The van der Waals surface area contributed by atoms with E-state index in [9.17, 15) is 9.59 Å². The van der Waals surface area contributed by atoms with Crippen molar-refractivity contribution in [3.63, 3.8) is 0 Å². The van der Waals surface area contributed by atoms with E-state index in [4.69, 9.17) is 5.73 Å². The number of benzene rings is 3. The number of fused-ring (bicyclic) bond motifs is 1. The van der Waals surface area contributed by atoms with Crippen LogP contribution in [-0.4, -0.2) is 38.9 Å². The zero-order chi connectivity index (χ0) is 23.2. The number of amides is 2. The first-order valence-electron chi connectivity index (χ1n) is 11.1. The van der Waals surface area contributed by atoms with Crippen LogP contribution in [0.1, 0.15) is 30.5 Å². The van der Waals surface area contributed by atoms with E-state index < -0.39 is 28.3 Å². The van der Waals surface area contributed by atoms with Gasteiger partial charge in [-0.05, 0) is 30.5 Å². The van der Waals surface area contributed by atoms with Crippen LogP contribution >= 0.6 is 11.8 Å². The van der Waals surface area contributed by atoms with Crippen molar-refractivity contribution in [1.82, 2.24) is 10.2 Å². The van der Waals surface area contributed by atoms with Gasteiger partial charge in [0.1, 0.15) is 17.5 Å². The molecule has 5 rings (SSSR count). The predicted octanol–water partition coefficient (Wildman–Crippen LogP) is 3.48. The van der Waals surface area contributed by atoms with E-state index in [1.54, 1.807) is 16.7 Å². The third-order valence-electron chi connectivity index (χ3n) is 6.70. The van der Waals surface area contributed by atoms with E-state index in [1.807, 2.05) is 68.4 Å². The van der Waals surface area contributed by atoms with Crippen LogP contribution in [0.5, 0.6) is 0 Å². The third kappa shape index (κ3) is 3.36. The Morgan fingerprint density at radius 3 is 1.70 bits per heavy atom. The number of carbonyl (C=O) groups is 2. The number of β-lactam (4-membered cyclic amide) rings is 1. The highest BCUT2D eigenvalue weighted by Crippen LogP contribution is 2.52. The lowest BCUT2D eigenvalue weighted by Crippen LogP contribution is -2.73. The zero-order valence-corrected chi connectivity index (χ0v) is 19.5. The largest absolute Gasteiger partial charge is 0.368 e. The summed E-state index contributed by atoms with van der Waals surface area (Å²) in [5.41, 5.74) is 8.09. The van der Waals surface area contributed by atoms with Gasteiger partial charge in [0.05, 0.1) is 5.54 Å². The standard InChI is InChI=1S/C27H27N3O2S/c1-26(2)22(23(28)31)30-24(32)21(25(30)33-26)29-27(18-12-6-3-7-13-18,19-14-8-4-9-15-19)20-16-10-5-11-17-20/h3-17,21-22,25,29H,1-2H3,(H2,28,31). The molecule has 2 fully saturated rings. The van der Waals surface area contributed by atoms with Crippen LogP contribution in [0.3, 0.4) is 0 Å². The molecular formula is C27H27N3O2S. The average Bonchev–Trinajstić information content (AvgIpc) is 3.09. The van der Waals surface area contributed by atoms with Crippen molar-refractivity contribution >= 4 is 23.6 Å². The maximum Gasteiger partial charge on any atom is 0.244 e. The van der Waals surface area contributed by atoms with Gasteiger partial charge in [-0.2, -0.15) is 0 Å². The maximum absolute atomic E-state index is 13.5. The molecule has 0 aromatic heterocycles. The van der Waals surface area contributed by atoms with E-state index in [1.165, 1.54) is 0 Å². The van der Waals surface area contributed by atoms with Gasteiger partial charge in [0.2, 0.25) is 11.8 Å². The van der Waals surface area contributed by atoms with Crippen LogP contribution in [0.2, 0.25) is 0 Å². The molecule has 3 aromatic rings. The summed E-state index contributed by atoms with van der Waals surface area (Å²) in [5, 5.41) is 3.60. The fraction of sp³-hybridized carbons (Fsp3) is 0.259. The Bertz CT molecular complexity index is 1070. The van der Waals surface area contributed by atoms with Gasteiger partial charge in [-0.15, -0.1) is 11.8 Å². The molecule has 168 valence electrons. The second kappa shape index (κ2) is 8.04. The van der Waals surface area contributed by atoms with Crippen LogP contribution in [0.4, 0.5) is 0 Å². The Kier molecular flexibility index (Phi) is 5.30. The van der Waals surface area contributed by atoms with Crippen molar-refractivity contribution in [3.05, 3.63) is 108 Å². The lowest BCUT2D eigenvalue weighted by Gasteiger charge is -2.49. The lowest BCUT2D eigenvalue weighted by atomic mass is 9.76. The molecule has 2 aliphatic heterocycles. The Balaban J connectivity index is 1.64. The molecule has 3 N–H and O–H groups in total. The first-order chi connectivity index (χ1) is 15.9. The Morgan fingerprint density at radius 1 is 0.879 bits per heavy atom. The van der Waals surface area contributed by atoms with Crippen LogP contribution < -0.4 is 11.1 Å². The molecule has 3 atom stereocenters. The highest BCUT2D eigenvalue weighted by molar-refractivity contribution is 8.01. The van der Waals surface area contributed by atoms with E-state index in [2.05, 4.69) is 41.7 Å². The molecule has 5 nitrogen and oxygen atoms in total. The number of rotatable bonds is 6. The van der Waals surface area contributed by atoms with E-state index in [-0.39, 0.29) is 11.3 Å². The molecule has 33 heavy (non-hydrogen) atoms. The number of hydrogen-bond donors (Lipinski definition) is 2. The molecule has 2 saturated heterocycles. The average molecular weight is 458 g/mol. The minimum Gasteiger partial charge on any atom is -0.368 e. The molecule has 0 bridgehead atoms. The molecule has 0 aliphatic carbocycles. The smallest absolute Gasteiger partial charge is 0.244 e. The minimum absolute atomic E-state index is 0.0888. The fourth-order valence-corrected chi connectivity index (χ4v) is 6.90.